The minimum atomic E-state index is -0.00831. The van der Waals surface area contributed by atoms with E-state index < -0.39 is 0 Å². The molecule has 5 rings (SSSR count). The summed E-state index contributed by atoms with van der Waals surface area (Å²) >= 11 is 1.60. The first-order chi connectivity index (χ1) is 16.1. The Morgan fingerprint density at radius 2 is 1.85 bits per heavy atom. The maximum atomic E-state index is 13.3. The Morgan fingerprint density at radius 3 is 2.58 bits per heavy atom. The van der Waals surface area contributed by atoms with Crippen LogP contribution in [0.2, 0.25) is 0 Å². The lowest BCUT2D eigenvalue weighted by Crippen LogP contribution is -2.40. The second-order valence-electron chi connectivity index (χ2n) is 8.23. The number of rotatable bonds is 6. The summed E-state index contributed by atoms with van der Waals surface area (Å²) in [4.78, 5) is 22.2. The SMILES string of the molecule is CCc1cc2c(=O)n(CN3CCc4cc(OC)c(OC)cc4C3c3ccccc3)cnc2s1. The molecular formula is C26H27N3O3S. The van der Waals surface area contributed by atoms with Crippen molar-refractivity contribution in [1.82, 2.24) is 14.5 Å². The summed E-state index contributed by atoms with van der Waals surface area (Å²) in [5.74, 6) is 1.45. The summed E-state index contributed by atoms with van der Waals surface area (Å²) in [5, 5.41) is 0.708. The number of aromatic nitrogens is 2. The molecule has 170 valence electrons. The van der Waals surface area contributed by atoms with E-state index in [-0.39, 0.29) is 11.6 Å². The fraction of sp³-hybridized carbons (Fsp3) is 0.308. The van der Waals surface area contributed by atoms with Gasteiger partial charge in [0.2, 0.25) is 0 Å². The number of thiophene rings is 1. The van der Waals surface area contributed by atoms with E-state index in [0.29, 0.717) is 17.8 Å². The average molecular weight is 462 g/mol. The van der Waals surface area contributed by atoms with Crippen LogP contribution in [0.4, 0.5) is 0 Å². The molecule has 0 bridgehead atoms. The predicted molar refractivity (Wildman–Crippen MR) is 131 cm³/mol. The van der Waals surface area contributed by atoms with Crippen LogP contribution in [0.25, 0.3) is 10.2 Å². The van der Waals surface area contributed by atoms with E-state index in [9.17, 15) is 4.79 Å². The van der Waals surface area contributed by atoms with Gasteiger partial charge >= 0.3 is 0 Å². The monoisotopic (exact) mass is 461 g/mol. The number of benzene rings is 2. The largest absolute Gasteiger partial charge is 0.493 e. The first kappa shape index (κ1) is 21.7. The summed E-state index contributed by atoms with van der Waals surface area (Å²) in [6.07, 6.45) is 3.46. The highest BCUT2D eigenvalue weighted by Crippen LogP contribution is 2.41. The van der Waals surface area contributed by atoms with E-state index in [0.717, 1.165) is 30.0 Å². The molecule has 0 radical (unpaired) electrons. The summed E-state index contributed by atoms with van der Waals surface area (Å²) in [5.41, 5.74) is 3.61. The van der Waals surface area contributed by atoms with E-state index in [1.807, 2.05) is 12.1 Å². The smallest absolute Gasteiger partial charge is 0.263 e. The number of ether oxygens (including phenoxy) is 2. The van der Waals surface area contributed by atoms with Gasteiger partial charge in [-0.2, -0.15) is 0 Å². The summed E-state index contributed by atoms with van der Waals surface area (Å²) in [6, 6.07) is 16.6. The Bertz CT molecular complexity index is 1350. The third kappa shape index (κ3) is 3.92. The van der Waals surface area contributed by atoms with Crippen molar-refractivity contribution in [2.75, 3.05) is 20.8 Å². The van der Waals surface area contributed by atoms with Crippen molar-refractivity contribution >= 4 is 21.6 Å². The molecule has 0 saturated carbocycles. The van der Waals surface area contributed by atoms with Crippen molar-refractivity contribution in [2.24, 2.45) is 0 Å². The van der Waals surface area contributed by atoms with Gasteiger partial charge in [0.15, 0.2) is 11.5 Å². The van der Waals surface area contributed by atoms with Crippen LogP contribution in [0.3, 0.4) is 0 Å². The van der Waals surface area contributed by atoms with Crippen LogP contribution < -0.4 is 15.0 Å². The van der Waals surface area contributed by atoms with Gasteiger partial charge in [-0.25, -0.2) is 4.98 Å². The van der Waals surface area contributed by atoms with Gasteiger partial charge in [0.05, 0.1) is 32.3 Å². The first-order valence-electron chi connectivity index (χ1n) is 11.1. The second-order valence-corrected chi connectivity index (χ2v) is 9.34. The van der Waals surface area contributed by atoms with E-state index in [4.69, 9.17) is 9.47 Å². The lowest BCUT2D eigenvalue weighted by atomic mass is 9.88. The molecule has 3 heterocycles. The van der Waals surface area contributed by atoms with Crippen molar-refractivity contribution in [3.8, 4) is 11.5 Å². The molecule has 0 fully saturated rings. The molecule has 6 nitrogen and oxygen atoms in total. The maximum Gasteiger partial charge on any atom is 0.263 e. The molecule has 1 aliphatic rings. The Hall–Kier alpha value is -3.16. The average Bonchev–Trinajstić information content (AvgIpc) is 3.29. The molecule has 0 saturated heterocycles. The van der Waals surface area contributed by atoms with Crippen LogP contribution in [-0.2, 0) is 19.5 Å². The van der Waals surface area contributed by atoms with Gasteiger partial charge in [0.25, 0.3) is 5.56 Å². The molecule has 0 N–H and O–H groups in total. The van der Waals surface area contributed by atoms with E-state index in [1.165, 1.54) is 21.6 Å². The number of aryl methyl sites for hydroxylation is 1. The zero-order valence-corrected chi connectivity index (χ0v) is 19.9. The van der Waals surface area contributed by atoms with Crippen LogP contribution in [-0.4, -0.2) is 35.2 Å². The Balaban J connectivity index is 1.58. The molecule has 33 heavy (non-hydrogen) atoms. The molecule has 7 heteroatoms. The number of nitrogens with zero attached hydrogens (tertiary/aromatic N) is 3. The molecule has 2 aromatic heterocycles. The molecule has 4 aromatic rings. The van der Waals surface area contributed by atoms with Crippen molar-refractivity contribution in [2.45, 2.75) is 32.5 Å². The fourth-order valence-electron chi connectivity index (χ4n) is 4.66. The molecular weight excluding hydrogens is 434 g/mol. The zero-order valence-electron chi connectivity index (χ0n) is 19.1. The van der Waals surface area contributed by atoms with Gasteiger partial charge < -0.3 is 9.47 Å². The van der Waals surface area contributed by atoms with E-state index in [1.54, 1.807) is 36.5 Å². The van der Waals surface area contributed by atoms with Gasteiger partial charge in [-0.05, 0) is 47.7 Å². The van der Waals surface area contributed by atoms with Crippen LogP contribution in [0, 0.1) is 0 Å². The number of fused-ring (bicyclic) bond motifs is 2. The van der Waals surface area contributed by atoms with Crippen molar-refractivity contribution in [3.63, 3.8) is 0 Å². The highest BCUT2D eigenvalue weighted by atomic mass is 32.1. The van der Waals surface area contributed by atoms with Crippen LogP contribution in [0.15, 0.2) is 59.7 Å². The topological polar surface area (TPSA) is 56.6 Å². The Morgan fingerprint density at radius 1 is 1.09 bits per heavy atom. The molecule has 0 spiro atoms. The second kappa shape index (κ2) is 9.00. The first-order valence-corrected chi connectivity index (χ1v) is 12.0. The molecule has 1 aliphatic heterocycles. The normalized spacial score (nSPS) is 16.0. The minimum Gasteiger partial charge on any atom is -0.493 e. The zero-order chi connectivity index (χ0) is 22.9. The Labute approximate surface area is 197 Å². The van der Waals surface area contributed by atoms with Crippen LogP contribution in [0.1, 0.15) is 34.5 Å². The van der Waals surface area contributed by atoms with Gasteiger partial charge in [-0.3, -0.25) is 14.3 Å². The highest BCUT2D eigenvalue weighted by molar-refractivity contribution is 7.18. The summed E-state index contributed by atoms with van der Waals surface area (Å²) in [7, 11) is 3.33. The van der Waals surface area contributed by atoms with Crippen LogP contribution in [0.5, 0.6) is 11.5 Å². The van der Waals surface area contributed by atoms with Gasteiger partial charge in [-0.15, -0.1) is 11.3 Å². The van der Waals surface area contributed by atoms with Gasteiger partial charge in [-0.1, -0.05) is 37.3 Å². The molecule has 0 aliphatic carbocycles. The van der Waals surface area contributed by atoms with Crippen molar-refractivity contribution < 1.29 is 9.47 Å². The predicted octanol–water partition coefficient (Wildman–Crippen LogP) is 4.64. The quantitative estimate of drug-likeness (QED) is 0.419. The lowest BCUT2D eigenvalue weighted by molar-refractivity contribution is 0.161. The summed E-state index contributed by atoms with van der Waals surface area (Å²) in [6.45, 7) is 3.38. The number of hydrogen-bond donors (Lipinski definition) is 0. The summed E-state index contributed by atoms with van der Waals surface area (Å²) < 4.78 is 12.9. The van der Waals surface area contributed by atoms with Gasteiger partial charge in [0.1, 0.15) is 11.2 Å². The van der Waals surface area contributed by atoms with E-state index in [2.05, 4.69) is 53.2 Å². The lowest BCUT2D eigenvalue weighted by Gasteiger charge is -2.38. The number of methoxy groups -OCH3 is 2. The standard InChI is InChI=1S/C26H27N3O3S/c1-4-19-13-21-25(33-19)27-15-29(26(21)30)16-28-11-10-18-12-22(31-2)23(32-3)14-20(18)24(28)17-8-6-5-7-9-17/h5-9,12-15,24H,4,10-11,16H2,1-3H3. The minimum absolute atomic E-state index is 0.00831. The molecule has 1 unspecified atom stereocenters. The van der Waals surface area contributed by atoms with Crippen LogP contribution >= 0.6 is 11.3 Å². The fourth-order valence-corrected chi connectivity index (χ4v) is 5.58. The highest BCUT2D eigenvalue weighted by Gasteiger charge is 2.31. The van der Waals surface area contributed by atoms with Gasteiger partial charge in [0, 0.05) is 11.4 Å². The van der Waals surface area contributed by atoms with Crippen molar-refractivity contribution in [1.29, 1.82) is 0 Å². The third-order valence-corrected chi connectivity index (χ3v) is 7.53. The molecule has 2 aromatic carbocycles. The van der Waals surface area contributed by atoms with Crippen molar-refractivity contribution in [3.05, 3.63) is 86.8 Å². The molecule has 0 amide bonds. The number of hydrogen-bond acceptors (Lipinski definition) is 6. The third-order valence-electron chi connectivity index (χ3n) is 6.34. The Kier molecular flexibility index (Phi) is 5.91. The maximum absolute atomic E-state index is 13.3. The van der Waals surface area contributed by atoms with E-state index >= 15 is 0 Å². The molecule has 1 atom stereocenters.